The summed E-state index contributed by atoms with van der Waals surface area (Å²) < 4.78 is 115. The highest BCUT2D eigenvalue weighted by Crippen LogP contribution is 2.67. The minimum Gasteiger partial charge on any atom is -0.438 e. The second-order valence-electron chi connectivity index (χ2n) is 8.57. The zero-order valence-electron chi connectivity index (χ0n) is 14.8. The monoisotopic (exact) mass is 448 g/mol. The standard InChI is InChI=1S/C17H18F6O5S/c18-16(19,20)15(17(21,22)23,6-29(25,26)27)28-14(24)11-5-9-4-10(11)13-8-2-1-7(3-8)12(9)13/h1-2,7-13H,3-6H2,(H,25,26,27)/t7?,8?,9?,10-,11?,12?,13?/m1/s1. The van der Waals surface area contributed by atoms with Crippen LogP contribution in [0.2, 0.25) is 0 Å². The van der Waals surface area contributed by atoms with E-state index in [0.29, 0.717) is 12.3 Å². The van der Waals surface area contributed by atoms with Crippen molar-refractivity contribution in [3.8, 4) is 0 Å². The van der Waals surface area contributed by atoms with Crippen LogP contribution in [0, 0.1) is 41.4 Å². The van der Waals surface area contributed by atoms with Crippen molar-refractivity contribution < 1.29 is 48.8 Å². The number of rotatable bonds is 4. The molecule has 164 valence electrons. The van der Waals surface area contributed by atoms with Gasteiger partial charge < -0.3 is 4.74 Å². The van der Waals surface area contributed by atoms with Gasteiger partial charge in [0.15, 0.2) is 0 Å². The Bertz CT molecular complexity index is 833. The summed E-state index contributed by atoms with van der Waals surface area (Å²) in [5, 5.41) is 0. The molecule has 0 heterocycles. The van der Waals surface area contributed by atoms with Gasteiger partial charge >= 0.3 is 23.9 Å². The minimum absolute atomic E-state index is 0.0223. The van der Waals surface area contributed by atoms with Crippen molar-refractivity contribution in [2.45, 2.75) is 37.2 Å². The fraction of sp³-hybridized carbons (Fsp3) is 0.824. The Morgan fingerprint density at radius 1 is 0.966 bits per heavy atom. The van der Waals surface area contributed by atoms with E-state index in [1.807, 2.05) is 6.08 Å². The van der Waals surface area contributed by atoms with Gasteiger partial charge in [0.05, 0.1) is 5.92 Å². The fourth-order valence-corrected chi connectivity index (χ4v) is 7.16. The third kappa shape index (κ3) is 3.08. The van der Waals surface area contributed by atoms with Crippen LogP contribution in [-0.4, -0.2) is 42.6 Å². The van der Waals surface area contributed by atoms with Gasteiger partial charge in [-0.05, 0) is 54.8 Å². The van der Waals surface area contributed by atoms with Crippen LogP contribution < -0.4 is 0 Å². The quantitative estimate of drug-likeness (QED) is 0.235. The van der Waals surface area contributed by atoms with Gasteiger partial charge in [-0.25, -0.2) is 0 Å². The second-order valence-corrected chi connectivity index (χ2v) is 10.0. The molecule has 0 aromatic rings. The van der Waals surface area contributed by atoms with E-state index in [1.165, 1.54) is 0 Å². The van der Waals surface area contributed by atoms with Crippen molar-refractivity contribution in [3.05, 3.63) is 12.2 Å². The molecule has 4 aliphatic carbocycles. The van der Waals surface area contributed by atoms with Gasteiger partial charge in [-0.1, -0.05) is 12.2 Å². The second kappa shape index (κ2) is 6.12. The molecule has 5 nitrogen and oxygen atoms in total. The number of fused-ring (bicyclic) bond motifs is 9. The first-order valence-electron chi connectivity index (χ1n) is 9.14. The van der Waals surface area contributed by atoms with Gasteiger partial charge in [0.25, 0.3) is 10.1 Å². The Hall–Kier alpha value is -1.30. The highest BCUT2D eigenvalue weighted by molar-refractivity contribution is 7.85. The minimum atomic E-state index is -6.29. The lowest BCUT2D eigenvalue weighted by molar-refractivity contribution is -0.362. The molecule has 29 heavy (non-hydrogen) atoms. The van der Waals surface area contributed by atoms with Crippen molar-refractivity contribution in [2.75, 3.05) is 5.75 Å². The maximum atomic E-state index is 13.4. The van der Waals surface area contributed by atoms with Crippen LogP contribution in [0.3, 0.4) is 0 Å². The number of carbonyl (C=O) groups excluding carboxylic acids is 1. The fourth-order valence-electron chi connectivity index (χ4n) is 6.26. The largest absolute Gasteiger partial charge is 0.438 e. The maximum Gasteiger partial charge on any atom is 0.438 e. The smallest absolute Gasteiger partial charge is 0.438 e. The molecule has 12 heteroatoms. The summed E-state index contributed by atoms with van der Waals surface area (Å²) in [5.41, 5.74) is -5.32. The van der Waals surface area contributed by atoms with E-state index in [4.69, 9.17) is 4.55 Å². The number of ether oxygens (including phenoxy) is 1. The van der Waals surface area contributed by atoms with Gasteiger partial charge in [0, 0.05) is 0 Å². The molecule has 4 aliphatic rings. The van der Waals surface area contributed by atoms with E-state index in [2.05, 4.69) is 10.8 Å². The first kappa shape index (κ1) is 21.0. The molecule has 4 bridgehead atoms. The Morgan fingerprint density at radius 3 is 2.03 bits per heavy atom. The van der Waals surface area contributed by atoms with Crippen molar-refractivity contribution >= 4 is 16.1 Å². The Kier molecular flexibility index (Phi) is 4.42. The lowest BCUT2D eigenvalue weighted by atomic mass is 9.69. The number of allylic oxidation sites excluding steroid dienone is 2. The molecule has 0 spiro atoms. The SMILES string of the molecule is O=C(OC(CS(=O)(=O)O)(C(F)(F)F)C(F)(F)F)C1CC2C[C@H]1C1C3C=CC(C3)C21. The molecule has 0 aromatic heterocycles. The van der Waals surface area contributed by atoms with Crippen molar-refractivity contribution in [3.63, 3.8) is 0 Å². The third-order valence-corrected chi connectivity index (χ3v) is 7.92. The Labute approximate surface area is 162 Å². The molecular weight excluding hydrogens is 430 g/mol. The van der Waals surface area contributed by atoms with Crippen molar-refractivity contribution in [1.29, 1.82) is 0 Å². The van der Waals surface area contributed by atoms with Crippen LogP contribution in [0.4, 0.5) is 26.3 Å². The molecule has 0 saturated heterocycles. The summed E-state index contributed by atoms with van der Waals surface area (Å²) in [6, 6.07) is 0. The lowest BCUT2D eigenvalue weighted by Gasteiger charge is -2.39. The topological polar surface area (TPSA) is 80.7 Å². The first-order chi connectivity index (χ1) is 13.1. The molecule has 3 fully saturated rings. The Morgan fingerprint density at radius 2 is 1.52 bits per heavy atom. The first-order valence-corrected chi connectivity index (χ1v) is 10.8. The van der Waals surface area contributed by atoms with Crippen LogP contribution in [0.25, 0.3) is 0 Å². The summed E-state index contributed by atoms with van der Waals surface area (Å²) in [6.07, 6.45) is -6.96. The number of hydrogen-bond donors (Lipinski definition) is 1. The number of hydrogen-bond acceptors (Lipinski definition) is 4. The molecule has 3 saturated carbocycles. The molecule has 6 unspecified atom stereocenters. The van der Waals surface area contributed by atoms with Crippen LogP contribution in [0.15, 0.2) is 12.2 Å². The zero-order chi connectivity index (χ0) is 21.6. The highest BCUT2D eigenvalue weighted by Gasteiger charge is 2.76. The summed E-state index contributed by atoms with van der Waals surface area (Å²) in [5.74, 6) is -5.26. The molecule has 4 rings (SSSR count). The van der Waals surface area contributed by atoms with E-state index < -0.39 is 45.7 Å². The predicted octanol–water partition coefficient (Wildman–Crippen LogP) is 3.38. The van der Waals surface area contributed by atoms with Crippen LogP contribution in [-0.2, 0) is 19.6 Å². The molecule has 0 aliphatic heterocycles. The number of esters is 1. The van der Waals surface area contributed by atoms with E-state index in [9.17, 15) is 39.6 Å². The van der Waals surface area contributed by atoms with Crippen molar-refractivity contribution in [1.82, 2.24) is 0 Å². The van der Waals surface area contributed by atoms with Crippen molar-refractivity contribution in [2.24, 2.45) is 41.4 Å². The van der Waals surface area contributed by atoms with Crippen LogP contribution in [0.5, 0.6) is 0 Å². The van der Waals surface area contributed by atoms with E-state index in [1.54, 1.807) is 0 Å². The van der Waals surface area contributed by atoms with Gasteiger partial charge in [-0.3, -0.25) is 9.35 Å². The van der Waals surface area contributed by atoms with E-state index >= 15 is 0 Å². The van der Waals surface area contributed by atoms with Gasteiger partial charge in [0.1, 0.15) is 5.75 Å². The normalized spacial score (nSPS) is 38.5. The molecule has 0 aromatic carbocycles. The van der Waals surface area contributed by atoms with Gasteiger partial charge in [0.2, 0.25) is 0 Å². The van der Waals surface area contributed by atoms with Crippen LogP contribution >= 0.6 is 0 Å². The molecule has 7 atom stereocenters. The lowest BCUT2D eigenvalue weighted by Crippen LogP contribution is -2.64. The molecule has 0 amide bonds. The summed E-state index contributed by atoms with van der Waals surface area (Å²) in [7, 11) is -5.78. The number of carbonyl (C=O) groups is 1. The number of halogens is 6. The summed E-state index contributed by atoms with van der Waals surface area (Å²) in [4.78, 5) is 12.5. The third-order valence-electron chi connectivity index (χ3n) is 7.15. The molecule has 1 N–H and O–H groups in total. The Balaban J connectivity index is 1.62. The summed E-state index contributed by atoms with van der Waals surface area (Å²) in [6.45, 7) is 0. The molecular formula is C17H18F6O5S. The van der Waals surface area contributed by atoms with Gasteiger partial charge in [-0.2, -0.15) is 34.8 Å². The predicted molar refractivity (Wildman–Crippen MR) is 84.8 cm³/mol. The summed E-state index contributed by atoms with van der Waals surface area (Å²) >= 11 is 0. The van der Waals surface area contributed by atoms with Gasteiger partial charge in [-0.15, -0.1) is 0 Å². The van der Waals surface area contributed by atoms with E-state index in [0.717, 1.165) is 6.42 Å². The maximum absolute atomic E-state index is 13.4. The number of alkyl halides is 6. The van der Waals surface area contributed by atoms with Crippen LogP contribution in [0.1, 0.15) is 19.3 Å². The average molecular weight is 448 g/mol. The average Bonchev–Trinajstić information content (AvgIpc) is 3.28. The van der Waals surface area contributed by atoms with E-state index in [-0.39, 0.29) is 36.0 Å². The molecule has 0 radical (unpaired) electrons. The zero-order valence-corrected chi connectivity index (χ0v) is 15.6. The highest BCUT2D eigenvalue weighted by atomic mass is 32.2.